The highest BCUT2D eigenvalue weighted by molar-refractivity contribution is 6.08. The van der Waals surface area contributed by atoms with Crippen LogP contribution in [0.25, 0.3) is 0 Å². The largest absolute Gasteiger partial charge is 0.453 e. The summed E-state index contributed by atoms with van der Waals surface area (Å²) >= 11 is 0. The molecule has 3 aromatic rings. The number of carbonyl (C=O) groups excluding carboxylic acids is 1. The van der Waals surface area contributed by atoms with E-state index in [1.807, 2.05) is 60.5 Å². The zero-order valence-electron chi connectivity index (χ0n) is 17.9. The Kier molecular flexibility index (Phi) is 4.02. The van der Waals surface area contributed by atoms with Crippen LogP contribution >= 0.6 is 0 Å². The maximum absolute atomic E-state index is 14.1. The standard InChI is InChI=1S/C27H23N3O2/c1-3-15-29-23-14-13-18(2)16-21(23)27(26(29)31)30-24(20-11-7-8-12-25(20)32-27)17-22(28-30)19-9-5-4-6-10-19/h3-14,16,24H,1,15,17H2,2H3. The lowest BCUT2D eigenvalue weighted by molar-refractivity contribution is -0.163. The number of hydrogen-bond donors (Lipinski definition) is 0. The molecular weight excluding hydrogens is 398 g/mol. The van der Waals surface area contributed by atoms with Gasteiger partial charge in [-0.1, -0.05) is 66.2 Å². The average molecular weight is 422 g/mol. The summed E-state index contributed by atoms with van der Waals surface area (Å²) in [6, 6.07) is 24.1. The molecule has 6 rings (SSSR count). The van der Waals surface area contributed by atoms with Gasteiger partial charge in [0, 0.05) is 18.5 Å². The van der Waals surface area contributed by atoms with Crippen LogP contribution in [0.3, 0.4) is 0 Å². The van der Waals surface area contributed by atoms with Gasteiger partial charge in [-0.25, -0.2) is 5.01 Å². The van der Waals surface area contributed by atoms with Gasteiger partial charge in [-0.05, 0) is 30.7 Å². The van der Waals surface area contributed by atoms with E-state index in [-0.39, 0.29) is 11.9 Å². The summed E-state index contributed by atoms with van der Waals surface area (Å²) in [5.74, 6) is 0.607. The molecule has 0 N–H and O–H groups in total. The molecule has 0 saturated carbocycles. The van der Waals surface area contributed by atoms with Crippen molar-refractivity contribution in [1.82, 2.24) is 5.01 Å². The van der Waals surface area contributed by atoms with Crippen molar-refractivity contribution in [3.63, 3.8) is 0 Å². The predicted molar refractivity (Wildman–Crippen MR) is 125 cm³/mol. The van der Waals surface area contributed by atoms with Gasteiger partial charge in [-0.15, -0.1) is 6.58 Å². The van der Waals surface area contributed by atoms with Crippen molar-refractivity contribution in [3.8, 4) is 5.75 Å². The third kappa shape index (κ3) is 2.45. The number of ether oxygens (including phenoxy) is 1. The molecule has 0 radical (unpaired) electrons. The monoisotopic (exact) mass is 421 g/mol. The Bertz CT molecular complexity index is 1280. The molecule has 0 fully saturated rings. The lowest BCUT2D eigenvalue weighted by Crippen LogP contribution is -2.57. The highest BCUT2D eigenvalue weighted by atomic mass is 16.5. The molecule has 5 heteroatoms. The Morgan fingerprint density at radius 3 is 2.72 bits per heavy atom. The Balaban J connectivity index is 1.60. The third-order valence-corrected chi connectivity index (χ3v) is 6.53. The molecule has 3 aliphatic rings. The summed E-state index contributed by atoms with van der Waals surface area (Å²) in [5, 5.41) is 6.94. The molecular formula is C27H23N3O2. The summed E-state index contributed by atoms with van der Waals surface area (Å²) in [6.45, 7) is 6.31. The minimum Gasteiger partial charge on any atom is -0.453 e. The Labute approximate surface area is 187 Å². The van der Waals surface area contributed by atoms with Crippen molar-refractivity contribution in [2.24, 2.45) is 5.10 Å². The average Bonchev–Trinajstić information content (AvgIpc) is 3.36. The van der Waals surface area contributed by atoms with E-state index < -0.39 is 5.72 Å². The molecule has 3 aromatic carbocycles. The van der Waals surface area contributed by atoms with Crippen LogP contribution in [0.5, 0.6) is 5.75 Å². The van der Waals surface area contributed by atoms with Crippen molar-refractivity contribution >= 4 is 17.3 Å². The fraction of sp³-hybridized carbons (Fsp3) is 0.185. The van der Waals surface area contributed by atoms with E-state index in [0.29, 0.717) is 13.0 Å². The second kappa shape index (κ2) is 6.82. The van der Waals surface area contributed by atoms with Crippen LogP contribution in [0.15, 0.2) is 90.6 Å². The van der Waals surface area contributed by atoms with Gasteiger partial charge in [0.1, 0.15) is 5.75 Å². The smallest absolute Gasteiger partial charge is 0.306 e. The van der Waals surface area contributed by atoms with E-state index in [2.05, 4.69) is 30.8 Å². The topological polar surface area (TPSA) is 45.1 Å². The van der Waals surface area contributed by atoms with Crippen LogP contribution in [0.4, 0.5) is 5.69 Å². The number of nitrogens with zero attached hydrogens (tertiary/aromatic N) is 3. The van der Waals surface area contributed by atoms with Crippen molar-refractivity contribution in [3.05, 3.63) is 108 Å². The van der Waals surface area contributed by atoms with Crippen LogP contribution < -0.4 is 9.64 Å². The zero-order chi connectivity index (χ0) is 21.9. The highest BCUT2D eigenvalue weighted by Crippen LogP contribution is 2.55. The maximum Gasteiger partial charge on any atom is 0.306 e. The fourth-order valence-corrected chi connectivity index (χ4v) is 5.10. The van der Waals surface area contributed by atoms with Crippen LogP contribution in [0.2, 0.25) is 0 Å². The third-order valence-electron chi connectivity index (χ3n) is 6.53. The zero-order valence-corrected chi connectivity index (χ0v) is 17.9. The second-order valence-electron chi connectivity index (χ2n) is 8.49. The molecule has 0 saturated heterocycles. The van der Waals surface area contributed by atoms with Gasteiger partial charge in [0.15, 0.2) is 0 Å². The molecule has 1 spiro atoms. The van der Waals surface area contributed by atoms with Gasteiger partial charge in [-0.3, -0.25) is 4.79 Å². The minimum atomic E-state index is -1.33. The highest BCUT2D eigenvalue weighted by Gasteiger charge is 2.63. The molecule has 5 nitrogen and oxygen atoms in total. The molecule has 3 heterocycles. The number of fused-ring (bicyclic) bond motifs is 6. The molecule has 2 atom stereocenters. The number of anilines is 1. The van der Waals surface area contributed by atoms with Gasteiger partial charge in [-0.2, -0.15) is 5.10 Å². The van der Waals surface area contributed by atoms with E-state index in [1.54, 1.807) is 11.0 Å². The fourth-order valence-electron chi connectivity index (χ4n) is 5.10. The predicted octanol–water partition coefficient (Wildman–Crippen LogP) is 4.92. The van der Waals surface area contributed by atoms with Gasteiger partial charge in [0.05, 0.1) is 23.0 Å². The summed E-state index contributed by atoms with van der Waals surface area (Å²) in [4.78, 5) is 15.8. The molecule has 1 amide bonds. The molecule has 2 unspecified atom stereocenters. The molecule has 0 aliphatic carbocycles. The van der Waals surface area contributed by atoms with Crippen LogP contribution in [0, 0.1) is 6.92 Å². The van der Waals surface area contributed by atoms with Crippen molar-refractivity contribution in [1.29, 1.82) is 0 Å². The van der Waals surface area contributed by atoms with Gasteiger partial charge >= 0.3 is 5.72 Å². The SMILES string of the molecule is C=CCN1C(=O)C2(Oc3ccccc3C3CC(c4ccccc4)=NN32)c2cc(C)ccc21. The Morgan fingerprint density at radius 1 is 1.12 bits per heavy atom. The van der Waals surface area contributed by atoms with Crippen LogP contribution in [0.1, 0.15) is 34.7 Å². The number of hydrazone groups is 1. The number of rotatable bonds is 3. The molecule has 0 bridgehead atoms. The van der Waals surface area contributed by atoms with Crippen molar-refractivity contribution in [2.75, 3.05) is 11.4 Å². The first-order valence-electron chi connectivity index (χ1n) is 10.9. The first-order valence-corrected chi connectivity index (χ1v) is 10.9. The first-order chi connectivity index (χ1) is 15.6. The molecule has 0 aromatic heterocycles. The van der Waals surface area contributed by atoms with E-state index >= 15 is 0 Å². The van der Waals surface area contributed by atoms with E-state index in [4.69, 9.17) is 9.84 Å². The van der Waals surface area contributed by atoms with Crippen LogP contribution in [-0.4, -0.2) is 23.2 Å². The number of carbonyl (C=O) groups is 1. The lowest BCUT2D eigenvalue weighted by Gasteiger charge is -2.44. The van der Waals surface area contributed by atoms with Crippen molar-refractivity contribution < 1.29 is 9.53 Å². The number of hydrogen-bond acceptors (Lipinski definition) is 4. The molecule has 158 valence electrons. The number of benzene rings is 3. The van der Waals surface area contributed by atoms with E-state index in [1.165, 1.54) is 0 Å². The number of aryl methyl sites for hydroxylation is 1. The summed E-state index contributed by atoms with van der Waals surface area (Å²) < 4.78 is 6.64. The quantitative estimate of drug-likeness (QED) is 0.564. The molecule has 3 aliphatic heterocycles. The van der Waals surface area contributed by atoms with E-state index in [0.717, 1.165) is 39.4 Å². The summed E-state index contributed by atoms with van der Waals surface area (Å²) in [7, 11) is 0. The lowest BCUT2D eigenvalue weighted by atomic mass is 9.92. The van der Waals surface area contributed by atoms with Gasteiger partial charge < -0.3 is 9.64 Å². The van der Waals surface area contributed by atoms with Gasteiger partial charge in [0.25, 0.3) is 5.91 Å². The van der Waals surface area contributed by atoms with Crippen LogP contribution in [-0.2, 0) is 10.5 Å². The summed E-state index contributed by atoms with van der Waals surface area (Å²) in [6.07, 6.45) is 2.46. The minimum absolute atomic E-state index is 0.0869. The first kappa shape index (κ1) is 18.9. The second-order valence-corrected chi connectivity index (χ2v) is 8.49. The number of amides is 1. The Hall–Kier alpha value is -3.86. The normalized spacial score (nSPS) is 22.8. The van der Waals surface area contributed by atoms with Gasteiger partial charge in [0.2, 0.25) is 0 Å². The summed E-state index contributed by atoms with van der Waals surface area (Å²) in [5.41, 5.74) is 4.49. The maximum atomic E-state index is 14.1. The molecule has 32 heavy (non-hydrogen) atoms. The van der Waals surface area contributed by atoms with E-state index in [9.17, 15) is 4.79 Å². The Morgan fingerprint density at radius 2 is 1.91 bits per heavy atom. The van der Waals surface area contributed by atoms with Crippen molar-refractivity contribution in [2.45, 2.75) is 25.1 Å². The number of para-hydroxylation sites is 1.